The first-order valence-electron chi connectivity index (χ1n) is 11.3. The summed E-state index contributed by atoms with van der Waals surface area (Å²) in [5.41, 5.74) is 9.90. The fraction of sp³-hybridized carbons (Fsp3) is 0.375. The molecule has 1 aliphatic rings. The van der Waals surface area contributed by atoms with Gasteiger partial charge in [-0.3, -0.25) is 14.2 Å². The van der Waals surface area contributed by atoms with Gasteiger partial charge in [-0.15, -0.1) is 0 Å². The normalized spacial score (nSPS) is 18.4. The van der Waals surface area contributed by atoms with E-state index < -0.39 is 11.6 Å². The summed E-state index contributed by atoms with van der Waals surface area (Å²) >= 11 is 0. The molecule has 1 aromatic heterocycles. The van der Waals surface area contributed by atoms with Gasteiger partial charge >= 0.3 is 11.7 Å². The van der Waals surface area contributed by atoms with Crippen molar-refractivity contribution < 1.29 is 9.53 Å². The van der Waals surface area contributed by atoms with Crippen molar-refractivity contribution in [2.24, 2.45) is 11.0 Å². The number of para-hydroxylation sites is 1. The number of carbonyl (C=O) groups excluding carboxylic acids is 1. The van der Waals surface area contributed by atoms with Crippen LogP contribution in [0.4, 0.5) is 5.69 Å². The lowest BCUT2D eigenvalue weighted by molar-refractivity contribution is -0.150. The summed E-state index contributed by atoms with van der Waals surface area (Å²) in [6.45, 7) is 3.84. The molecule has 10 heteroatoms. The molecule has 0 saturated carbocycles. The lowest BCUT2D eigenvalue weighted by Gasteiger charge is -2.37. The zero-order chi connectivity index (χ0) is 24.1. The van der Waals surface area contributed by atoms with Crippen molar-refractivity contribution in [2.75, 3.05) is 26.2 Å². The zero-order valence-electron chi connectivity index (χ0n) is 18.9. The summed E-state index contributed by atoms with van der Waals surface area (Å²) in [5.74, 6) is -0.787. The van der Waals surface area contributed by atoms with Crippen LogP contribution in [0.3, 0.4) is 0 Å². The molecule has 0 unspecified atom stereocenters. The Morgan fingerprint density at radius 3 is 2.82 bits per heavy atom. The highest BCUT2D eigenvalue weighted by Gasteiger charge is 2.36. The van der Waals surface area contributed by atoms with E-state index in [0.29, 0.717) is 42.6 Å². The number of benzene rings is 2. The topological polar surface area (TPSA) is 133 Å². The molecule has 1 N–H and O–H groups in total. The highest BCUT2D eigenvalue weighted by molar-refractivity contribution is 5.77. The molecule has 10 nitrogen and oxygen atoms in total. The van der Waals surface area contributed by atoms with Crippen LogP contribution in [0.25, 0.3) is 21.3 Å². The molecule has 0 spiro atoms. The molecule has 4 rings (SSSR count). The van der Waals surface area contributed by atoms with Crippen LogP contribution in [0, 0.1) is 5.92 Å². The van der Waals surface area contributed by atoms with Crippen molar-refractivity contribution in [1.82, 2.24) is 14.5 Å². The average Bonchev–Trinajstić information content (AvgIpc) is 2.84. The minimum Gasteiger partial charge on any atom is -0.466 e. The molecule has 176 valence electrons. The van der Waals surface area contributed by atoms with Crippen LogP contribution < -0.4 is 11.2 Å². The molecule has 1 saturated heterocycles. The van der Waals surface area contributed by atoms with Crippen LogP contribution in [-0.4, -0.2) is 46.7 Å². The van der Waals surface area contributed by atoms with Crippen molar-refractivity contribution in [1.29, 1.82) is 0 Å². The number of nitrogens with one attached hydrogen (secondary N) is 1. The number of likely N-dealkylation sites (tertiary alicyclic amines) is 1. The molecular weight excluding hydrogens is 436 g/mol. The fourth-order valence-corrected chi connectivity index (χ4v) is 4.62. The summed E-state index contributed by atoms with van der Waals surface area (Å²) < 4.78 is 6.56. The zero-order valence-corrected chi connectivity index (χ0v) is 18.9. The number of nitrogens with zero attached hydrogens (tertiary/aromatic N) is 5. The van der Waals surface area contributed by atoms with Gasteiger partial charge < -0.3 is 14.6 Å². The van der Waals surface area contributed by atoms with Crippen LogP contribution in [0.2, 0.25) is 0 Å². The Morgan fingerprint density at radius 2 is 2.03 bits per heavy atom. The number of ether oxygens (including phenoxy) is 1. The third-order valence-corrected chi connectivity index (χ3v) is 6.27. The maximum absolute atomic E-state index is 12.8. The van der Waals surface area contributed by atoms with Gasteiger partial charge in [0, 0.05) is 30.2 Å². The number of H-pyrrole nitrogens is 1. The SMILES string of the molecule is CCOC(=O)[C@H]1CN(CCn2c(=O)[nH]c3ccccc3c2=O)CC[C@H]1c1cccc(N=[N+]=[N-])c1. The number of piperidine rings is 1. The van der Waals surface area contributed by atoms with E-state index in [-0.39, 0.29) is 30.6 Å². The molecule has 0 bridgehead atoms. The van der Waals surface area contributed by atoms with E-state index in [1.54, 1.807) is 43.3 Å². The second-order valence-electron chi connectivity index (χ2n) is 8.27. The van der Waals surface area contributed by atoms with Gasteiger partial charge in [-0.25, -0.2) is 4.79 Å². The number of fused-ring (bicyclic) bond motifs is 1. The number of esters is 1. The summed E-state index contributed by atoms with van der Waals surface area (Å²) in [4.78, 5) is 45.8. The predicted molar refractivity (Wildman–Crippen MR) is 128 cm³/mol. The van der Waals surface area contributed by atoms with E-state index in [1.807, 2.05) is 12.1 Å². The fourth-order valence-electron chi connectivity index (χ4n) is 4.62. The van der Waals surface area contributed by atoms with Gasteiger partial charge in [-0.2, -0.15) is 0 Å². The number of rotatable bonds is 7. The third-order valence-electron chi connectivity index (χ3n) is 6.27. The van der Waals surface area contributed by atoms with Crippen LogP contribution in [0.5, 0.6) is 0 Å². The van der Waals surface area contributed by atoms with Crippen LogP contribution in [0.1, 0.15) is 24.8 Å². The minimum atomic E-state index is -0.449. The van der Waals surface area contributed by atoms with Crippen LogP contribution >= 0.6 is 0 Å². The van der Waals surface area contributed by atoms with Crippen LogP contribution in [0.15, 0.2) is 63.2 Å². The van der Waals surface area contributed by atoms with Crippen molar-refractivity contribution in [3.63, 3.8) is 0 Å². The van der Waals surface area contributed by atoms with Crippen molar-refractivity contribution in [2.45, 2.75) is 25.8 Å². The van der Waals surface area contributed by atoms with E-state index in [1.165, 1.54) is 4.57 Å². The van der Waals surface area contributed by atoms with Crippen molar-refractivity contribution in [3.05, 3.63) is 85.4 Å². The van der Waals surface area contributed by atoms with Gasteiger partial charge in [0.25, 0.3) is 5.56 Å². The molecule has 3 aromatic rings. The summed E-state index contributed by atoms with van der Waals surface area (Å²) in [6, 6.07) is 14.2. The summed E-state index contributed by atoms with van der Waals surface area (Å²) in [6.07, 6.45) is 0.687. The van der Waals surface area contributed by atoms with Crippen molar-refractivity contribution >= 4 is 22.6 Å². The van der Waals surface area contributed by atoms with E-state index in [4.69, 9.17) is 10.3 Å². The Hall–Kier alpha value is -3.88. The first-order valence-corrected chi connectivity index (χ1v) is 11.3. The Labute approximate surface area is 195 Å². The van der Waals surface area contributed by atoms with Gasteiger partial charge in [-0.1, -0.05) is 35.4 Å². The summed E-state index contributed by atoms with van der Waals surface area (Å²) in [7, 11) is 0. The smallest absolute Gasteiger partial charge is 0.328 e. The monoisotopic (exact) mass is 462 g/mol. The molecule has 0 amide bonds. The lowest BCUT2D eigenvalue weighted by atomic mass is 9.80. The Kier molecular flexibility index (Phi) is 7.10. The molecule has 1 fully saturated rings. The van der Waals surface area contributed by atoms with E-state index in [9.17, 15) is 14.4 Å². The number of azide groups is 1. The molecule has 2 atom stereocenters. The second kappa shape index (κ2) is 10.4. The van der Waals surface area contributed by atoms with E-state index in [2.05, 4.69) is 19.9 Å². The predicted octanol–water partition coefficient (Wildman–Crippen LogP) is 3.30. The van der Waals surface area contributed by atoms with E-state index in [0.717, 1.165) is 5.56 Å². The maximum atomic E-state index is 12.8. The summed E-state index contributed by atoms with van der Waals surface area (Å²) in [5, 5.41) is 4.14. The second-order valence-corrected chi connectivity index (χ2v) is 8.27. The molecule has 0 radical (unpaired) electrons. The molecule has 2 aromatic carbocycles. The molecule has 2 heterocycles. The van der Waals surface area contributed by atoms with Gasteiger partial charge in [0.15, 0.2) is 0 Å². The van der Waals surface area contributed by atoms with Gasteiger partial charge in [0.2, 0.25) is 0 Å². The molecule has 34 heavy (non-hydrogen) atoms. The lowest BCUT2D eigenvalue weighted by Crippen LogP contribution is -2.46. The quantitative estimate of drug-likeness (QED) is 0.249. The Morgan fingerprint density at radius 1 is 1.21 bits per heavy atom. The van der Waals surface area contributed by atoms with Gasteiger partial charge in [0.1, 0.15) is 0 Å². The average molecular weight is 463 g/mol. The largest absolute Gasteiger partial charge is 0.466 e. The Balaban J connectivity index is 1.53. The number of hydrogen-bond donors (Lipinski definition) is 1. The van der Waals surface area contributed by atoms with Gasteiger partial charge in [0.05, 0.1) is 23.4 Å². The van der Waals surface area contributed by atoms with Crippen molar-refractivity contribution in [3.8, 4) is 0 Å². The maximum Gasteiger partial charge on any atom is 0.328 e. The number of aromatic amines is 1. The number of carbonyl (C=O) groups is 1. The highest BCUT2D eigenvalue weighted by atomic mass is 16.5. The Bertz CT molecular complexity index is 1360. The molecule has 1 aliphatic heterocycles. The number of aromatic nitrogens is 2. The van der Waals surface area contributed by atoms with E-state index >= 15 is 0 Å². The van der Waals surface area contributed by atoms with Crippen LogP contribution in [-0.2, 0) is 16.1 Å². The first-order chi connectivity index (χ1) is 16.5. The number of hydrogen-bond acceptors (Lipinski definition) is 6. The first kappa shape index (κ1) is 23.3. The van der Waals surface area contributed by atoms with Gasteiger partial charge in [-0.05, 0) is 55.1 Å². The highest BCUT2D eigenvalue weighted by Crippen LogP contribution is 2.35. The molecular formula is C24H26N6O4. The third kappa shape index (κ3) is 4.88. The standard InChI is InChI=1S/C24H26N6O4/c1-2-34-23(32)20-15-29(11-10-18(20)16-6-5-7-17(14-16)27-28-25)12-13-30-22(31)19-8-3-4-9-21(19)26-24(30)33/h3-9,14,18,20H,2,10-13,15H2,1H3,(H,26,33)/t18-,20-/m0/s1. The molecule has 0 aliphatic carbocycles. The minimum absolute atomic E-state index is 0.0871.